The lowest BCUT2D eigenvalue weighted by molar-refractivity contribution is -0.133. The topological polar surface area (TPSA) is 144 Å². The average Bonchev–Trinajstić information content (AvgIpc) is 3.22. The standard InChI is InChI=1S/C21H25F2N7O5S/c1-11-10-34-15(18(31)24-3)9-29(11)13-6-12(36(32,33)28-21(2)4-5-21)8-30-14(13)7-25-17(30)20-27-26-19(35-20)16(22)23/h6-8,11,15-16,28H,4-5,9-10H2,1-3H3,(H,24,31)/t11-,15+/m0/s1. The molecule has 2 atom stereocenters. The molecule has 0 bridgehead atoms. The minimum absolute atomic E-state index is 0.00379. The molecule has 4 heterocycles. The van der Waals surface area contributed by atoms with Crippen molar-refractivity contribution in [2.45, 2.75) is 55.7 Å². The summed E-state index contributed by atoms with van der Waals surface area (Å²) in [6, 6.07) is 1.30. The van der Waals surface area contributed by atoms with Gasteiger partial charge in [-0.1, -0.05) is 0 Å². The molecule has 1 aliphatic heterocycles. The first-order valence-electron chi connectivity index (χ1n) is 11.3. The van der Waals surface area contributed by atoms with Gasteiger partial charge in [-0.15, -0.1) is 10.2 Å². The van der Waals surface area contributed by atoms with Gasteiger partial charge in [0.1, 0.15) is 4.90 Å². The van der Waals surface area contributed by atoms with Crippen LogP contribution >= 0.6 is 0 Å². The van der Waals surface area contributed by atoms with Crippen molar-refractivity contribution in [3.8, 4) is 11.7 Å². The van der Waals surface area contributed by atoms with Crippen LogP contribution in [0, 0.1) is 0 Å². The number of nitrogens with zero attached hydrogens (tertiary/aromatic N) is 5. The van der Waals surface area contributed by atoms with Gasteiger partial charge >= 0.3 is 6.43 Å². The van der Waals surface area contributed by atoms with E-state index in [-0.39, 0.29) is 41.7 Å². The molecule has 1 amide bonds. The fraction of sp³-hybridized carbons (Fsp3) is 0.524. The molecule has 2 N–H and O–H groups in total. The summed E-state index contributed by atoms with van der Waals surface area (Å²) in [4.78, 5) is 18.3. The fourth-order valence-corrected chi connectivity index (χ4v) is 5.57. The zero-order valence-corrected chi connectivity index (χ0v) is 20.6. The van der Waals surface area contributed by atoms with Gasteiger partial charge in [0.05, 0.1) is 30.6 Å². The lowest BCUT2D eigenvalue weighted by Crippen LogP contribution is -2.53. The normalized spacial score (nSPS) is 21.8. The Hall–Kier alpha value is -3.17. The molecular weight excluding hydrogens is 500 g/mol. The number of morpholine rings is 1. The average molecular weight is 526 g/mol. The molecular formula is C21H25F2N7O5S. The summed E-state index contributed by atoms with van der Waals surface area (Å²) in [6.45, 7) is 4.07. The molecule has 36 heavy (non-hydrogen) atoms. The number of carbonyl (C=O) groups excluding carboxylic acids is 1. The van der Waals surface area contributed by atoms with E-state index in [0.29, 0.717) is 24.0 Å². The van der Waals surface area contributed by atoms with E-state index < -0.39 is 34.0 Å². The zero-order valence-electron chi connectivity index (χ0n) is 19.7. The lowest BCUT2D eigenvalue weighted by Gasteiger charge is -2.39. The van der Waals surface area contributed by atoms with Gasteiger partial charge in [0.2, 0.25) is 15.8 Å². The van der Waals surface area contributed by atoms with Crippen molar-refractivity contribution in [1.29, 1.82) is 0 Å². The van der Waals surface area contributed by atoms with Crippen LogP contribution in [0.4, 0.5) is 14.5 Å². The number of pyridine rings is 1. The Balaban J connectivity index is 1.66. The van der Waals surface area contributed by atoms with Crippen LogP contribution in [0.2, 0.25) is 0 Å². The molecule has 12 nitrogen and oxygen atoms in total. The van der Waals surface area contributed by atoms with Crippen LogP contribution in [0.15, 0.2) is 27.8 Å². The Morgan fingerprint density at radius 2 is 2.06 bits per heavy atom. The minimum atomic E-state index is -3.97. The highest BCUT2D eigenvalue weighted by atomic mass is 32.2. The lowest BCUT2D eigenvalue weighted by atomic mass is 10.1. The van der Waals surface area contributed by atoms with Crippen LogP contribution in [0.3, 0.4) is 0 Å². The number of amides is 1. The van der Waals surface area contributed by atoms with Crippen LogP contribution in [0.25, 0.3) is 17.2 Å². The van der Waals surface area contributed by atoms with E-state index >= 15 is 0 Å². The molecule has 1 saturated carbocycles. The molecule has 0 aromatic carbocycles. The molecule has 5 rings (SSSR count). The first-order chi connectivity index (χ1) is 17.0. The highest BCUT2D eigenvalue weighted by molar-refractivity contribution is 7.89. The predicted octanol–water partition coefficient (Wildman–Crippen LogP) is 1.49. The second-order valence-corrected chi connectivity index (χ2v) is 10.9. The number of nitrogens with one attached hydrogen (secondary N) is 2. The number of alkyl halides is 2. The maximum absolute atomic E-state index is 13.3. The Labute approximate surface area is 205 Å². The number of imidazole rings is 1. The first-order valence-corrected chi connectivity index (χ1v) is 12.8. The van der Waals surface area contributed by atoms with Crippen LogP contribution < -0.4 is 14.9 Å². The van der Waals surface area contributed by atoms with Crippen molar-refractivity contribution in [3.05, 3.63) is 24.4 Å². The van der Waals surface area contributed by atoms with E-state index in [1.54, 1.807) is 0 Å². The summed E-state index contributed by atoms with van der Waals surface area (Å²) in [7, 11) is -2.46. The molecule has 0 radical (unpaired) electrons. The Morgan fingerprint density at radius 3 is 2.69 bits per heavy atom. The molecule has 2 aliphatic rings. The number of aromatic nitrogens is 4. The maximum Gasteiger partial charge on any atom is 0.314 e. The van der Waals surface area contributed by atoms with Crippen molar-refractivity contribution in [2.24, 2.45) is 0 Å². The van der Waals surface area contributed by atoms with Gasteiger partial charge in [-0.25, -0.2) is 18.1 Å². The van der Waals surface area contributed by atoms with Crippen molar-refractivity contribution >= 4 is 27.1 Å². The Kier molecular flexibility index (Phi) is 5.95. The van der Waals surface area contributed by atoms with Gasteiger partial charge in [-0.05, 0) is 32.8 Å². The van der Waals surface area contributed by atoms with Gasteiger partial charge in [0, 0.05) is 24.8 Å². The van der Waals surface area contributed by atoms with Gasteiger partial charge < -0.3 is 19.4 Å². The van der Waals surface area contributed by atoms with Gasteiger partial charge in [0.15, 0.2) is 6.10 Å². The third kappa shape index (κ3) is 4.41. The third-order valence-corrected chi connectivity index (χ3v) is 7.99. The molecule has 3 aromatic heterocycles. The van der Waals surface area contributed by atoms with Crippen molar-refractivity contribution in [3.63, 3.8) is 0 Å². The number of carbonyl (C=O) groups is 1. The summed E-state index contributed by atoms with van der Waals surface area (Å²) in [5, 5.41) is 9.57. The largest absolute Gasteiger partial charge is 0.412 e. The first kappa shape index (κ1) is 24.5. The number of halogens is 2. The molecule has 2 fully saturated rings. The maximum atomic E-state index is 13.3. The van der Waals surface area contributed by atoms with E-state index in [2.05, 4.69) is 25.2 Å². The van der Waals surface area contributed by atoms with Gasteiger partial charge in [0.25, 0.3) is 17.7 Å². The van der Waals surface area contributed by atoms with Crippen LogP contribution in [0.1, 0.15) is 39.0 Å². The van der Waals surface area contributed by atoms with E-state index in [4.69, 9.17) is 9.15 Å². The smallest absolute Gasteiger partial charge is 0.314 e. The molecule has 0 spiro atoms. The number of rotatable bonds is 7. The monoisotopic (exact) mass is 525 g/mol. The highest BCUT2D eigenvalue weighted by Gasteiger charge is 2.42. The SMILES string of the molecule is CNC(=O)[C@H]1CN(c2cc(S(=O)(=O)NC3(C)CC3)cn3c(-c4nnc(C(F)F)o4)ncc23)[C@@H](C)CO1. The molecule has 0 unspecified atom stereocenters. The van der Waals surface area contributed by atoms with Crippen molar-refractivity contribution in [1.82, 2.24) is 29.6 Å². The van der Waals surface area contributed by atoms with E-state index in [0.717, 1.165) is 0 Å². The fourth-order valence-electron chi connectivity index (χ4n) is 4.09. The van der Waals surface area contributed by atoms with Crippen molar-refractivity contribution in [2.75, 3.05) is 25.1 Å². The number of hydrogen-bond acceptors (Lipinski definition) is 9. The molecule has 1 aliphatic carbocycles. The Morgan fingerprint density at radius 1 is 1.31 bits per heavy atom. The number of ether oxygens (including phenoxy) is 1. The summed E-state index contributed by atoms with van der Waals surface area (Å²) in [5.41, 5.74) is 0.402. The number of anilines is 1. The second kappa shape index (κ2) is 8.74. The quantitative estimate of drug-likeness (QED) is 0.469. The van der Waals surface area contributed by atoms with E-state index in [1.165, 1.54) is 29.9 Å². The van der Waals surface area contributed by atoms with E-state index in [1.807, 2.05) is 18.7 Å². The third-order valence-electron chi connectivity index (χ3n) is 6.39. The van der Waals surface area contributed by atoms with Crippen LogP contribution in [-0.4, -0.2) is 71.8 Å². The summed E-state index contributed by atoms with van der Waals surface area (Å²) in [5.74, 6) is -1.46. The second-order valence-electron chi connectivity index (χ2n) is 9.25. The molecule has 15 heteroatoms. The highest BCUT2D eigenvalue weighted by Crippen LogP contribution is 2.37. The minimum Gasteiger partial charge on any atom is -0.412 e. The number of hydrogen-bond donors (Lipinski definition) is 2. The Bertz CT molecular complexity index is 1420. The number of sulfonamides is 1. The van der Waals surface area contributed by atoms with Crippen LogP contribution in [0.5, 0.6) is 0 Å². The number of fused-ring (bicyclic) bond motifs is 1. The molecule has 194 valence electrons. The number of likely N-dealkylation sites (N-methyl/N-ethyl adjacent to an activating group) is 1. The summed E-state index contributed by atoms with van der Waals surface area (Å²) in [6.07, 6.45) is 0.475. The van der Waals surface area contributed by atoms with Crippen molar-refractivity contribution < 1.29 is 31.1 Å². The van der Waals surface area contributed by atoms with Crippen LogP contribution in [-0.2, 0) is 19.6 Å². The predicted molar refractivity (Wildman–Crippen MR) is 122 cm³/mol. The summed E-state index contributed by atoms with van der Waals surface area (Å²) >= 11 is 0. The summed E-state index contributed by atoms with van der Waals surface area (Å²) < 4.78 is 67.6. The molecule has 3 aromatic rings. The van der Waals surface area contributed by atoms with E-state index in [9.17, 15) is 22.0 Å². The zero-order chi connectivity index (χ0) is 25.8. The van der Waals surface area contributed by atoms with Gasteiger partial charge in [-0.3, -0.25) is 9.20 Å². The molecule has 1 saturated heterocycles. The van der Waals surface area contributed by atoms with Gasteiger partial charge in [-0.2, -0.15) is 8.78 Å².